The first-order chi connectivity index (χ1) is 10.1. The molecule has 2 fully saturated rings. The summed E-state index contributed by atoms with van der Waals surface area (Å²) in [5.74, 6) is -0.393. The number of hydrogen-bond donors (Lipinski definition) is 1. The van der Waals surface area contributed by atoms with E-state index >= 15 is 0 Å². The minimum absolute atomic E-state index is 0.306. The quantitative estimate of drug-likeness (QED) is 0.629. The standard InChI is InChI=1S/C11H14ClN5O4/c12-10-13-1-2-15(10)8-16-7-11(20-3-4-21-11)6-14-9(16)5-17(18)19/h1-2,5,14H,3-4,6-8H2/b9-5+. The van der Waals surface area contributed by atoms with Gasteiger partial charge in [-0.1, -0.05) is 0 Å². The Kier molecular flexibility index (Phi) is 3.70. The fraction of sp³-hybridized carbons (Fsp3) is 0.545. The van der Waals surface area contributed by atoms with Gasteiger partial charge in [-0.05, 0) is 11.6 Å². The number of hydrogen-bond acceptors (Lipinski definition) is 7. The van der Waals surface area contributed by atoms with Crippen molar-refractivity contribution < 1.29 is 14.4 Å². The van der Waals surface area contributed by atoms with Crippen molar-refractivity contribution in [2.75, 3.05) is 26.3 Å². The number of halogens is 1. The van der Waals surface area contributed by atoms with Gasteiger partial charge in [-0.2, -0.15) is 0 Å². The Labute approximate surface area is 125 Å². The Bertz CT molecular complexity index is 569. The van der Waals surface area contributed by atoms with E-state index in [4.69, 9.17) is 21.1 Å². The summed E-state index contributed by atoms with van der Waals surface area (Å²) in [5, 5.41) is 14.0. The van der Waals surface area contributed by atoms with Crippen molar-refractivity contribution >= 4 is 11.6 Å². The zero-order valence-electron chi connectivity index (χ0n) is 11.1. The Morgan fingerprint density at radius 2 is 2.33 bits per heavy atom. The van der Waals surface area contributed by atoms with Crippen LogP contribution in [0.15, 0.2) is 24.4 Å². The van der Waals surface area contributed by atoms with E-state index in [0.717, 1.165) is 6.20 Å². The molecule has 0 atom stereocenters. The van der Waals surface area contributed by atoms with E-state index in [9.17, 15) is 10.1 Å². The lowest BCUT2D eigenvalue weighted by molar-refractivity contribution is -0.405. The third-order valence-corrected chi connectivity index (χ3v) is 3.66. The van der Waals surface area contributed by atoms with Gasteiger partial charge in [-0.3, -0.25) is 10.1 Å². The molecule has 2 aliphatic rings. The molecule has 10 heteroatoms. The summed E-state index contributed by atoms with van der Waals surface area (Å²) in [7, 11) is 0. The molecule has 0 aromatic carbocycles. The molecule has 2 saturated heterocycles. The second-order valence-electron chi connectivity index (χ2n) is 4.77. The summed E-state index contributed by atoms with van der Waals surface area (Å²) in [6, 6.07) is 0. The van der Waals surface area contributed by atoms with Gasteiger partial charge >= 0.3 is 0 Å². The number of nitro groups is 1. The highest BCUT2D eigenvalue weighted by molar-refractivity contribution is 6.28. The van der Waals surface area contributed by atoms with E-state index < -0.39 is 10.7 Å². The van der Waals surface area contributed by atoms with Gasteiger partial charge in [0.2, 0.25) is 11.1 Å². The molecule has 0 aliphatic carbocycles. The van der Waals surface area contributed by atoms with Crippen LogP contribution in [0.25, 0.3) is 0 Å². The summed E-state index contributed by atoms with van der Waals surface area (Å²) < 4.78 is 12.9. The molecular formula is C11H14ClN5O4. The first-order valence-corrected chi connectivity index (χ1v) is 6.74. The highest BCUT2D eigenvalue weighted by atomic mass is 35.5. The maximum Gasteiger partial charge on any atom is 0.274 e. The van der Waals surface area contributed by atoms with E-state index in [-0.39, 0.29) is 0 Å². The molecule has 1 aromatic rings. The third kappa shape index (κ3) is 2.94. The van der Waals surface area contributed by atoms with E-state index in [1.807, 2.05) is 0 Å². The van der Waals surface area contributed by atoms with Crippen molar-refractivity contribution in [1.82, 2.24) is 19.8 Å². The van der Waals surface area contributed by atoms with Crippen LogP contribution in [0.3, 0.4) is 0 Å². The molecule has 1 N–H and O–H groups in total. The number of nitrogens with zero attached hydrogens (tertiary/aromatic N) is 4. The summed E-state index contributed by atoms with van der Waals surface area (Å²) in [4.78, 5) is 15.9. The topological polar surface area (TPSA) is 94.7 Å². The highest BCUT2D eigenvalue weighted by Crippen LogP contribution is 2.26. The maximum atomic E-state index is 10.8. The molecule has 9 nitrogen and oxygen atoms in total. The van der Waals surface area contributed by atoms with Crippen molar-refractivity contribution in [2.24, 2.45) is 0 Å². The summed E-state index contributed by atoms with van der Waals surface area (Å²) in [6.07, 6.45) is 4.19. The van der Waals surface area contributed by atoms with Crippen LogP contribution >= 0.6 is 11.6 Å². The van der Waals surface area contributed by atoms with E-state index in [2.05, 4.69) is 10.3 Å². The second-order valence-corrected chi connectivity index (χ2v) is 5.10. The van der Waals surface area contributed by atoms with Gasteiger partial charge < -0.3 is 24.3 Å². The van der Waals surface area contributed by atoms with E-state index in [0.29, 0.717) is 44.1 Å². The first-order valence-electron chi connectivity index (χ1n) is 6.37. The molecule has 1 aromatic heterocycles. The van der Waals surface area contributed by atoms with Gasteiger partial charge in [0.25, 0.3) is 6.20 Å². The van der Waals surface area contributed by atoms with Crippen LogP contribution in [0.2, 0.25) is 5.28 Å². The normalized spacial score (nSPS) is 22.7. The van der Waals surface area contributed by atoms with Crippen LogP contribution in [0.4, 0.5) is 0 Å². The minimum Gasteiger partial charge on any atom is -0.361 e. The van der Waals surface area contributed by atoms with Crippen LogP contribution in [-0.2, 0) is 16.1 Å². The predicted octanol–water partition coefficient (Wildman–Crippen LogP) is 0.218. The predicted molar refractivity (Wildman–Crippen MR) is 71.7 cm³/mol. The molecule has 1 spiro atoms. The molecule has 3 heterocycles. The van der Waals surface area contributed by atoms with Gasteiger partial charge in [-0.25, -0.2) is 4.98 Å². The van der Waals surface area contributed by atoms with Gasteiger partial charge in [0.15, 0.2) is 5.82 Å². The SMILES string of the molecule is O=[N+]([O-])/C=C1\NCC2(CN1Cn1ccnc1Cl)OCCO2. The number of ether oxygens (including phenoxy) is 2. The van der Waals surface area contributed by atoms with E-state index in [1.165, 1.54) is 0 Å². The van der Waals surface area contributed by atoms with Crippen LogP contribution in [-0.4, -0.2) is 51.5 Å². The van der Waals surface area contributed by atoms with E-state index in [1.54, 1.807) is 21.9 Å². The van der Waals surface area contributed by atoms with Gasteiger partial charge in [-0.15, -0.1) is 0 Å². The zero-order valence-corrected chi connectivity index (χ0v) is 11.8. The molecule has 114 valence electrons. The Morgan fingerprint density at radius 1 is 1.57 bits per heavy atom. The molecular weight excluding hydrogens is 302 g/mol. The highest BCUT2D eigenvalue weighted by Gasteiger charge is 2.43. The number of nitrogens with one attached hydrogen (secondary N) is 1. The van der Waals surface area contributed by atoms with Crippen molar-refractivity contribution in [1.29, 1.82) is 0 Å². The van der Waals surface area contributed by atoms with Gasteiger partial charge in [0.1, 0.15) is 0 Å². The van der Waals surface area contributed by atoms with Crippen LogP contribution < -0.4 is 5.32 Å². The fourth-order valence-electron chi connectivity index (χ4n) is 2.41. The summed E-state index contributed by atoms with van der Waals surface area (Å²) in [6.45, 7) is 2.06. The van der Waals surface area contributed by atoms with Crippen molar-refractivity contribution in [3.8, 4) is 0 Å². The van der Waals surface area contributed by atoms with Crippen molar-refractivity contribution in [3.63, 3.8) is 0 Å². The molecule has 0 saturated carbocycles. The average Bonchev–Trinajstić information content (AvgIpc) is 3.04. The molecule has 0 radical (unpaired) electrons. The van der Waals surface area contributed by atoms with Crippen LogP contribution in [0, 0.1) is 10.1 Å². The first kappa shape index (κ1) is 14.1. The zero-order chi connectivity index (χ0) is 14.9. The smallest absolute Gasteiger partial charge is 0.274 e. The molecule has 0 bridgehead atoms. The lowest BCUT2D eigenvalue weighted by Gasteiger charge is -2.40. The lowest BCUT2D eigenvalue weighted by atomic mass is 10.2. The molecule has 2 aliphatic heterocycles. The molecule has 3 rings (SSSR count). The molecule has 21 heavy (non-hydrogen) atoms. The third-order valence-electron chi connectivity index (χ3n) is 3.34. The van der Waals surface area contributed by atoms with Crippen molar-refractivity contribution in [2.45, 2.75) is 12.5 Å². The average molecular weight is 316 g/mol. The molecule has 0 amide bonds. The number of imidazole rings is 1. The lowest BCUT2D eigenvalue weighted by Crippen LogP contribution is -2.57. The maximum absolute atomic E-state index is 10.8. The van der Waals surface area contributed by atoms with Crippen molar-refractivity contribution in [3.05, 3.63) is 39.8 Å². The summed E-state index contributed by atoms with van der Waals surface area (Å²) in [5.41, 5.74) is 0. The van der Waals surface area contributed by atoms with Crippen LogP contribution in [0.1, 0.15) is 0 Å². The minimum atomic E-state index is -0.777. The largest absolute Gasteiger partial charge is 0.361 e. The Hall–Kier alpha value is -1.84. The van der Waals surface area contributed by atoms with Crippen LogP contribution in [0.5, 0.6) is 0 Å². The second kappa shape index (κ2) is 5.51. The van der Waals surface area contributed by atoms with Gasteiger partial charge in [0.05, 0.1) is 37.9 Å². The Morgan fingerprint density at radius 3 is 2.95 bits per heavy atom. The van der Waals surface area contributed by atoms with Gasteiger partial charge in [0, 0.05) is 12.4 Å². The Balaban J connectivity index is 1.82. The number of rotatable bonds is 3. The molecule has 0 unspecified atom stereocenters. The summed E-state index contributed by atoms with van der Waals surface area (Å²) >= 11 is 5.95. The fourth-order valence-corrected chi connectivity index (χ4v) is 2.58. The monoisotopic (exact) mass is 315 g/mol. The number of aromatic nitrogens is 2.